The zero-order valence-electron chi connectivity index (χ0n) is 19.2. The number of nitrogens with zero attached hydrogens (tertiary/aromatic N) is 2. The van der Waals surface area contributed by atoms with Crippen LogP contribution in [-0.2, 0) is 13.1 Å². The van der Waals surface area contributed by atoms with E-state index >= 15 is 0 Å². The third-order valence-electron chi connectivity index (χ3n) is 6.19. The quantitative estimate of drug-likeness (QED) is 0.102. The molecule has 0 fully saturated rings. The lowest BCUT2D eigenvalue weighted by Gasteiger charge is -2.14. The first-order valence-corrected chi connectivity index (χ1v) is 11.1. The molecule has 0 amide bonds. The second kappa shape index (κ2) is 11.8. The van der Waals surface area contributed by atoms with E-state index in [9.17, 15) is 20.1 Å². The molecule has 0 spiro atoms. The lowest BCUT2D eigenvalue weighted by atomic mass is 9.81. The minimum Gasteiger partial charge on any atom is -1.00 e. The number of fused-ring (bicyclic) bond motifs is 2. The van der Waals surface area contributed by atoms with Gasteiger partial charge in [0, 0.05) is 34.2 Å². The van der Waals surface area contributed by atoms with Gasteiger partial charge in [-0.15, -0.1) is 0 Å². The van der Waals surface area contributed by atoms with Crippen molar-refractivity contribution >= 4 is 46.7 Å². The first-order chi connectivity index (χ1) is 16.5. The Morgan fingerprint density at radius 1 is 0.500 bits per heavy atom. The summed E-state index contributed by atoms with van der Waals surface area (Å²) in [7, 11) is -3.04. The van der Waals surface area contributed by atoms with E-state index in [-0.39, 0.29) is 24.8 Å². The van der Waals surface area contributed by atoms with Gasteiger partial charge in [-0.1, -0.05) is 60.7 Å². The van der Waals surface area contributed by atoms with Crippen molar-refractivity contribution in [1.82, 2.24) is 0 Å². The van der Waals surface area contributed by atoms with Crippen LogP contribution in [0.25, 0.3) is 21.5 Å². The van der Waals surface area contributed by atoms with Crippen molar-refractivity contribution in [3.8, 4) is 0 Å². The average molecular weight is 521 g/mol. The fraction of sp³-hybridized carbons (Fsp3) is 0.0769. The Morgan fingerprint density at radius 3 is 1.14 bits per heavy atom. The van der Waals surface area contributed by atoms with Crippen LogP contribution < -0.4 is 44.9 Å². The SMILES string of the molecule is OB(O)c1ccc[n+](Cc2c3ccccc3c(C[n+]3cccc(B(O)O)c3)c3ccccc23)c1.[Cl-].[Cl-]. The van der Waals surface area contributed by atoms with Gasteiger partial charge in [-0.2, -0.15) is 0 Å². The Bertz CT molecular complexity index is 1330. The third-order valence-corrected chi connectivity index (χ3v) is 6.19. The predicted molar refractivity (Wildman–Crippen MR) is 133 cm³/mol. The van der Waals surface area contributed by atoms with Crippen molar-refractivity contribution in [2.45, 2.75) is 13.1 Å². The van der Waals surface area contributed by atoms with Crippen LogP contribution in [0.3, 0.4) is 0 Å². The van der Waals surface area contributed by atoms with Crippen LogP contribution in [-0.4, -0.2) is 34.3 Å². The summed E-state index contributed by atoms with van der Waals surface area (Å²) in [5.74, 6) is 0. The first kappa shape index (κ1) is 27.6. The molecular formula is C26H24B2Cl2N2O4. The van der Waals surface area contributed by atoms with Crippen molar-refractivity contribution in [2.24, 2.45) is 0 Å². The predicted octanol–water partition coefficient (Wildman–Crippen LogP) is -5.97. The lowest BCUT2D eigenvalue weighted by Crippen LogP contribution is -3.00. The largest absolute Gasteiger partial charge is 1.00 e. The van der Waals surface area contributed by atoms with Gasteiger partial charge >= 0.3 is 14.2 Å². The monoisotopic (exact) mass is 520 g/mol. The number of aromatic nitrogens is 2. The van der Waals surface area contributed by atoms with E-state index in [1.165, 1.54) is 0 Å². The molecule has 0 saturated carbocycles. The molecule has 3 aromatic carbocycles. The van der Waals surface area contributed by atoms with Gasteiger partial charge < -0.3 is 44.9 Å². The molecule has 0 unspecified atom stereocenters. The third kappa shape index (κ3) is 5.55. The molecule has 10 heteroatoms. The highest BCUT2D eigenvalue weighted by Gasteiger charge is 2.21. The minimum absolute atomic E-state index is 0. The number of benzene rings is 3. The summed E-state index contributed by atoms with van der Waals surface area (Å²) in [5.41, 5.74) is 3.17. The minimum atomic E-state index is -1.52. The van der Waals surface area contributed by atoms with Crippen LogP contribution in [0.15, 0.2) is 97.6 Å². The highest BCUT2D eigenvalue weighted by Crippen LogP contribution is 2.32. The van der Waals surface area contributed by atoms with Gasteiger partial charge in [-0.25, -0.2) is 9.13 Å². The number of halogens is 2. The lowest BCUT2D eigenvalue weighted by molar-refractivity contribution is -0.687. The Morgan fingerprint density at radius 2 is 0.833 bits per heavy atom. The van der Waals surface area contributed by atoms with Crippen molar-refractivity contribution in [1.29, 1.82) is 0 Å². The molecule has 0 radical (unpaired) electrons. The number of rotatable bonds is 6. The fourth-order valence-corrected chi connectivity index (χ4v) is 4.60. The Hall–Kier alpha value is -2.97. The molecule has 2 heterocycles. The average Bonchev–Trinajstić information content (AvgIpc) is 2.86. The normalized spacial score (nSPS) is 10.6. The van der Waals surface area contributed by atoms with Gasteiger partial charge in [0.15, 0.2) is 37.9 Å². The van der Waals surface area contributed by atoms with Crippen molar-refractivity contribution < 1.29 is 54.0 Å². The van der Waals surface area contributed by atoms with Gasteiger partial charge in [0.05, 0.1) is 0 Å². The Balaban J connectivity index is 0.00000180. The maximum atomic E-state index is 9.60. The van der Waals surface area contributed by atoms with Crippen molar-refractivity contribution in [3.63, 3.8) is 0 Å². The second-order valence-corrected chi connectivity index (χ2v) is 8.41. The van der Waals surface area contributed by atoms with E-state index in [2.05, 4.69) is 24.3 Å². The molecule has 0 aliphatic heterocycles. The highest BCUT2D eigenvalue weighted by molar-refractivity contribution is 6.58. The second-order valence-electron chi connectivity index (χ2n) is 8.41. The summed E-state index contributed by atoms with van der Waals surface area (Å²) in [6.07, 6.45) is 7.35. The zero-order chi connectivity index (χ0) is 23.7. The van der Waals surface area contributed by atoms with Gasteiger partial charge in [0.1, 0.15) is 0 Å². The molecular weight excluding hydrogens is 497 g/mol. The van der Waals surface area contributed by atoms with Crippen molar-refractivity contribution in [2.75, 3.05) is 0 Å². The molecule has 5 aromatic rings. The smallest absolute Gasteiger partial charge is 0.494 e. The Kier molecular flexibility index (Phi) is 9.08. The molecule has 0 bridgehead atoms. The standard InChI is InChI=1S/C26H24B2N2O4.2ClH/c31-27(32)19-7-5-13-29(15-19)17-25-21-9-1-2-10-22(21)26(24-12-4-3-11-23(24)25)18-30-14-6-8-20(16-30)28(33)34;;/h1-16,31-34H,17-18H2;2*1H/q+2;;/p-2. The van der Waals surface area contributed by atoms with E-state index in [0.29, 0.717) is 24.0 Å². The highest BCUT2D eigenvalue weighted by atomic mass is 35.5. The van der Waals surface area contributed by atoms with Crippen LogP contribution in [0.4, 0.5) is 0 Å². The van der Waals surface area contributed by atoms with Crippen molar-refractivity contribution in [3.05, 3.63) is 109 Å². The van der Waals surface area contributed by atoms with Gasteiger partial charge in [-0.05, 0) is 21.5 Å². The van der Waals surface area contributed by atoms with E-state index in [1.54, 1.807) is 24.5 Å². The van der Waals surface area contributed by atoms with Crippen LogP contribution in [0.5, 0.6) is 0 Å². The fourth-order valence-electron chi connectivity index (χ4n) is 4.60. The molecule has 0 saturated heterocycles. The van der Waals surface area contributed by atoms with Gasteiger partial charge in [-0.3, -0.25) is 0 Å². The first-order valence-electron chi connectivity index (χ1n) is 11.1. The molecule has 182 valence electrons. The molecule has 0 aliphatic rings. The summed E-state index contributed by atoms with van der Waals surface area (Å²) in [5, 5.41) is 42.9. The molecule has 6 nitrogen and oxygen atoms in total. The number of hydrogen-bond acceptors (Lipinski definition) is 4. The van der Waals surface area contributed by atoms with Gasteiger partial charge in [0.2, 0.25) is 0 Å². The maximum absolute atomic E-state index is 9.60. The molecule has 36 heavy (non-hydrogen) atoms. The van der Waals surface area contributed by atoms with Crippen LogP contribution in [0, 0.1) is 0 Å². The van der Waals surface area contributed by atoms with E-state index < -0.39 is 14.2 Å². The Labute approximate surface area is 222 Å². The molecule has 4 N–H and O–H groups in total. The summed E-state index contributed by atoms with van der Waals surface area (Å²) in [4.78, 5) is 0. The summed E-state index contributed by atoms with van der Waals surface area (Å²) < 4.78 is 3.92. The zero-order valence-corrected chi connectivity index (χ0v) is 20.8. The van der Waals surface area contributed by atoms with Crippen LogP contribution in [0.2, 0.25) is 0 Å². The summed E-state index contributed by atoms with van der Waals surface area (Å²) >= 11 is 0. The van der Waals surface area contributed by atoms with E-state index in [4.69, 9.17) is 0 Å². The molecule has 0 atom stereocenters. The van der Waals surface area contributed by atoms with E-state index in [0.717, 1.165) is 32.7 Å². The molecule has 2 aromatic heterocycles. The van der Waals surface area contributed by atoms with Crippen LogP contribution in [0.1, 0.15) is 11.1 Å². The number of pyridine rings is 2. The molecule has 5 rings (SSSR count). The topological polar surface area (TPSA) is 88.7 Å². The van der Waals surface area contributed by atoms with E-state index in [1.807, 2.05) is 57.9 Å². The number of hydrogen-bond donors (Lipinski definition) is 4. The molecule has 0 aliphatic carbocycles. The summed E-state index contributed by atoms with van der Waals surface area (Å²) in [6, 6.07) is 23.6. The van der Waals surface area contributed by atoms with Gasteiger partial charge in [0.25, 0.3) is 0 Å². The van der Waals surface area contributed by atoms with Crippen LogP contribution >= 0.6 is 0 Å². The maximum Gasteiger partial charge on any atom is 0.494 e. The summed E-state index contributed by atoms with van der Waals surface area (Å²) in [6.45, 7) is 1.14.